The lowest BCUT2D eigenvalue weighted by Crippen LogP contribution is -2.09. The van der Waals surface area contributed by atoms with Crippen LogP contribution < -0.4 is 18.9 Å². The van der Waals surface area contributed by atoms with Gasteiger partial charge in [-0.3, -0.25) is 0 Å². The molecule has 0 N–H and O–H groups in total. The van der Waals surface area contributed by atoms with Crippen LogP contribution in [-0.4, -0.2) is 39.2 Å². The Hall–Kier alpha value is -4.59. The lowest BCUT2D eigenvalue weighted by molar-refractivity contribution is -0.129. The van der Waals surface area contributed by atoms with Crippen LogP contribution in [0.5, 0.6) is 23.0 Å². The van der Waals surface area contributed by atoms with E-state index in [1.54, 1.807) is 87.0 Å². The molecule has 0 aliphatic carbocycles. The average Bonchev–Trinajstić information content (AvgIpc) is 3.24. The first-order valence-electron chi connectivity index (χ1n) is 10.2. The zero-order chi connectivity index (χ0) is 24.1. The van der Waals surface area contributed by atoms with E-state index in [0.717, 1.165) is 0 Å². The monoisotopic (exact) mass is 459 g/mol. The second-order valence-electron chi connectivity index (χ2n) is 7.09. The molecule has 172 valence electrons. The Morgan fingerprint density at radius 1 is 0.824 bits per heavy atom. The molecule has 0 amide bonds. The number of hydrogen-bond donors (Lipinski definition) is 0. The molecule has 0 atom stereocenters. The number of carbonyl (C=O) groups is 2. The van der Waals surface area contributed by atoms with Gasteiger partial charge in [0, 0.05) is 5.56 Å². The summed E-state index contributed by atoms with van der Waals surface area (Å²) in [5.41, 5.74) is 1.77. The molecule has 1 aliphatic heterocycles. The predicted octanol–water partition coefficient (Wildman–Crippen LogP) is 4.28. The molecule has 1 heterocycles. The molecule has 34 heavy (non-hydrogen) atoms. The van der Waals surface area contributed by atoms with E-state index in [1.165, 1.54) is 7.11 Å². The molecule has 3 aromatic rings. The Morgan fingerprint density at radius 3 is 2.09 bits per heavy atom. The molecule has 3 aromatic carbocycles. The summed E-state index contributed by atoms with van der Waals surface area (Å²) in [5.74, 6) is 0.971. The molecule has 0 saturated heterocycles. The number of hydrogen-bond acceptors (Lipinski definition) is 8. The lowest BCUT2D eigenvalue weighted by Gasteiger charge is -2.10. The second-order valence-corrected chi connectivity index (χ2v) is 7.09. The fraction of sp³-hybridized carbons (Fsp3) is 0.115. The molecular formula is C26H21NO7. The minimum absolute atomic E-state index is 0.135. The minimum atomic E-state index is -0.570. The molecule has 0 aromatic heterocycles. The quantitative estimate of drug-likeness (QED) is 0.296. The SMILES string of the molecule is COc1ccc(C(=O)Oc2ccc(/C=C3\N=C(c4ccc(OC)cc4)OC3=O)cc2OC)cc1. The summed E-state index contributed by atoms with van der Waals surface area (Å²) < 4.78 is 26.4. The maximum absolute atomic E-state index is 12.5. The maximum atomic E-state index is 12.5. The zero-order valence-electron chi connectivity index (χ0n) is 18.7. The number of rotatable bonds is 7. The molecule has 0 radical (unpaired) electrons. The normalized spacial score (nSPS) is 13.8. The van der Waals surface area contributed by atoms with Gasteiger partial charge in [-0.2, -0.15) is 0 Å². The van der Waals surface area contributed by atoms with Crippen molar-refractivity contribution in [3.63, 3.8) is 0 Å². The fourth-order valence-corrected chi connectivity index (χ4v) is 3.17. The van der Waals surface area contributed by atoms with E-state index in [0.29, 0.717) is 33.9 Å². The van der Waals surface area contributed by atoms with Crippen molar-refractivity contribution in [3.05, 3.63) is 89.1 Å². The largest absolute Gasteiger partial charge is 0.497 e. The van der Waals surface area contributed by atoms with Crippen LogP contribution >= 0.6 is 0 Å². The summed E-state index contributed by atoms with van der Waals surface area (Å²) in [4.78, 5) is 29.1. The van der Waals surface area contributed by atoms with E-state index >= 15 is 0 Å². The number of carbonyl (C=O) groups excluding carboxylic acids is 2. The van der Waals surface area contributed by atoms with Gasteiger partial charge in [0.2, 0.25) is 5.90 Å². The summed E-state index contributed by atoms with van der Waals surface area (Å²) in [6.45, 7) is 0. The van der Waals surface area contributed by atoms with Gasteiger partial charge in [-0.1, -0.05) is 6.07 Å². The van der Waals surface area contributed by atoms with Crippen molar-refractivity contribution in [2.75, 3.05) is 21.3 Å². The second kappa shape index (κ2) is 9.91. The summed E-state index contributed by atoms with van der Waals surface area (Å²) in [7, 11) is 4.58. The predicted molar refractivity (Wildman–Crippen MR) is 125 cm³/mol. The van der Waals surface area contributed by atoms with Gasteiger partial charge >= 0.3 is 11.9 Å². The lowest BCUT2D eigenvalue weighted by atomic mass is 10.1. The van der Waals surface area contributed by atoms with Crippen molar-refractivity contribution >= 4 is 23.9 Å². The van der Waals surface area contributed by atoms with Crippen LogP contribution in [0.3, 0.4) is 0 Å². The van der Waals surface area contributed by atoms with Crippen LogP contribution in [0.2, 0.25) is 0 Å². The van der Waals surface area contributed by atoms with Crippen LogP contribution in [-0.2, 0) is 9.53 Å². The summed E-state index contributed by atoms with van der Waals surface area (Å²) >= 11 is 0. The highest BCUT2D eigenvalue weighted by molar-refractivity contribution is 6.12. The Morgan fingerprint density at radius 2 is 1.47 bits per heavy atom. The highest BCUT2D eigenvalue weighted by Gasteiger charge is 2.24. The molecule has 0 fully saturated rings. The first-order chi connectivity index (χ1) is 16.5. The standard InChI is InChI=1S/C26H21NO7/c1-30-19-9-5-17(6-10-19)24-27-21(26(29)34-24)14-16-4-13-22(23(15-16)32-3)33-25(28)18-7-11-20(31-2)12-8-18/h4-15H,1-3H3/b21-14-. The minimum Gasteiger partial charge on any atom is -0.497 e. The van der Waals surface area contributed by atoms with Gasteiger partial charge in [0.15, 0.2) is 17.2 Å². The number of cyclic esters (lactones) is 1. The third-order valence-corrected chi connectivity index (χ3v) is 4.98. The Balaban J connectivity index is 1.53. The number of nitrogens with zero attached hydrogens (tertiary/aromatic N) is 1. The van der Waals surface area contributed by atoms with Crippen LogP contribution in [0.4, 0.5) is 0 Å². The van der Waals surface area contributed by atoms with E-state index in [2.05, 4.69) is 4.99 Å². The van der Waals surface area contributed by atoms with E-state index in [4.69, 9.17) is 23.7 Å². The molecule has 8 nitrogen and oxygen atoms in total. The van der Waals surface area contributed by atoms with Crippen molar-refractivity contribution in [1.29, 1.82) is 0 Å². The molecule has 8 heteroatoms. The molecule has 1 aliphatic rings. The first-order valence-corrected chi connectivity index (χ1v) is 10.2. The van der Waals surface area contributed by atoms with Crippen LogP contribution in [0.15, 0.2) is 77.4 Å². The van der Waals surface area contributed by atoms with Gasteiger partial charge < -0.3 is 23.7 Å². The number of aliphatic imine (C=N–C) groups is 1. The van der Waals surface area contributed by atoms with E-state index in [1.807, 2.05) is 0 Å². The topological polar surface area (TPSA) is 92.7 Å². The Bertz CT molecular complexity index is 1280. The van der Waals surface area contributed by atoms with Crippen molar-refractivity contribution in [3.8, 4) is 23.0 Å². The number of ether oxygens (including phenoxy) is 5. The fourth-order valence-electron chi connectivity index (χ4n) is 3.17. The molecule has 0 bridgehead atoms. The third kappa shape index (κ3) is 4.91. The van der Waals surface area contributed by atoms with Crippen molar-refractivity contribution in [1.82, 2.24) is 0 Å². The number of methoxy groups -OCH3 is 3. The van der Waals surface area contributed by atoms with Gasteiger partial charge in [0.05, 0.1) is 26.9 Å². The molecule has 0 spiro atoms. The van der Waals surface area contributed by atoms with E-state index < -0.39 is 11.9 Å². The number of benzene rings is 3. The van der Waals surface area contributed by atoms with E-state index in [9.17, 15) is 9.59 Å². The highest BCUT2D eigenvalue weighted by atomic mass is 16.6. The first kappa shape index (κ1) is 22.6. The number of esters is 2. The van der Waals surface area contributed by atoms with Crippen LogP contribution in [0, 0.1) is 0 Å². The van der Waals surface area contributed by atoms with Gasteiger partial charge in [0.1, 0.15) is 11.5 Å². The van der Waals surface area contributed by atoms with Gasteiger partial charge in [-0.05, 0) is 72.3 Å². The molecule has 4 rings (SSSR count). The van der Waals surface area contributed by atoms with Gasteiger partial charge in [-0.15, -0.1) is 0 Å². The molecule has 0 unspecified atom stereocenters. The Kier molecular flexibility index (Phi) is 6.59. The van der Waals surface area contributed by atoms with Crippen molar-refractivity contribution in [2.45, 2.75) is 0 Å². The van der Waals surface area contributed by atoms with Crippen molar-refractivity contribution < 1.29 is 33.3 Å². The highest BCUT2D eigenvalue weighted by Crippen LogP contribution is 2.31. The summed E-state index contributed by atoms with van der Waals surface area (Å²) in [5, 5.41) is 0. The van der Waals surface area contributed by atoms with Crippen LogP contribution in [0.25, 0.3) is 6.08 Å². The van der Waals surface area contributed by atoms with Crippen molar-refractivity contribution in [2.24, 2.45) is 4.99 Å². The summed E-state index contributed by atoms with van der Waals surface area (Å²) in [6.07, 6.45) is 1.57. The van der Waals surface area contributed by atoms with Gasteiger partial charge in [-0.25, -0.2) is 14.6 Å². The van der Waals surface area contributed by atoms with Gasteiger partial charge in [0.25, 0.3) is 0 Å². The third-order valence-electron chi connectivity index (χ3n) is 4.98. The zero-order valence-corrected chi connectivity index (χ0v) is 18.7. The van der Waals surface area contributed by atoms with Crippen LogP contribution in [0.1, 0.15) is 21.5 Å². The van der Waals surface area contributed by atoms with E-state index in [-0.39, 0.29) is 17.3 Å². The molecule has 0 saturated carbocycles. The molecular weight excluding hydrogens is 438 g/mol. The maximum Gasteiger partial charge on any atom is 0.363 e. The Labute approximate surface area is 196 Å². The smallest absolute Gasteiger partial charge is 0.363 e. The summed E-state index contributed by atoms with van der Waals surface area (Å²) in [6, 6.07) is 18.5. The average molecular weight is 459 g/mol.